The third-order valence-corrected chi connectivity index (χ3v) is 5.45. The van der Waals surface area contributed by atoms with E-state index in [1.807, 2.05) is 48.5 Å². The Labute approximate surface area is 166 Å². The van der Waals surface area contributed by atoms with Crippen molar-refractivity contribution in [2.75, 3.05) is 7.11 Å². The second kappa shape index (κ2) is 7.90. The summed E-state index contributed by atoms with van der Waals surface area (Å²) in [6.07, 6.45) is 2.22. The lowest BCUT2D eigenvalue weighted by atomic mass is 10.1. The summed E-state index contributed by atoms with van der Waals surface area (Å²) >= 11 is 1.03. The van der Waals surface area contributed by atoms with E-state index >= 15 is 0 Å². The average Bonchev–Trinajstić information content (AvgIpc) is 3.03. The smallest absolute Gasteiger partial charge is 0.286 e. The van der Waals surface area contributed by atoms with Gasteiger partial charge in [0.2, 0.25) is 5.91 Å². The molecular weight excluding hydrogens is 376 g/mol. The molecule has 1 aliphatic rings. The molecule has 1 unspecified atom stereocenters. The van der Waals surface area contributed by atoms with E-state index < -0.39 is 0 Å². The third kappa shape index (κ3) is 4.09. The van der Waals surface area contributed by atoms with Gasteiger partial charge in [-0.1, -0.05) is 23.9 Å². The van der Waals surface area contributed by atoms with Crippen LogP contribution in [0.5, 0.6) is 11.5 Å². The Kier molecular flexibility index (Phi) is 5.16. The van der Waals surface area contributed by atoms with E-state index in [9.17, 15) is 9.59 Å². The first kappa shape index (κ1) is 18.3. The standard InChI is InChI=1S/C21H18N2O4S/c1-26-16-5-2-13(3-6-16)12-27-17-7-4-15-8-14(11-22-18(15)10-17)9-19-20(24)23-21(25)28-19/h2-8,10-11,19H,9,12H2,1H3,(H,23,24,25). The van der Waals surface area contributed by atoms with E-state index in [0.717, 1.165) is 45.3 Å². The number of nitrogens with one attached hydrogen (secondary N) is 1. The van der Waals surface area contributed by atoms with Gasteiger partial charge in [-0.25, -0.2) is 0 Å². The number of imide groups is 1. The van der Waals surface area contributed by atoms with E-state index in [1.54, 1.807) is 13.3 Å². The zero-order valence-corrected chi connectivity index (χ0v) is 16.0. The van der Waals surface area contributed by atoms with Crippen molar-refractivity contribution < 1.29 is 19.1 Å². The number of carbonyl (C=O) groups is 2. The maximum absolute atomic E-state index is 11.7. The Bertz CT molecular complexity index is 1040. The summed E-state index contributed by atoms with van der Waals surface area (Å²) < 4.78 is 11.0. The molecule has 2 heterocycles. The molecule has 28 heavy (non-hydrogen) atoms. The average molecular weight is 394 g/mol. The molecule has 1 fully saturated rings. The maximum Gasteiger partial charge on any atom is 0.286 e. The number of aromatic nitrogens is 1. The van der Waals surface area contributed by atoms with E-state index in [2.05, 4.69) is 10.3 Å². The van der Waals surface area contributed by atoms with Gasteiger partial charge in [-0.05, 0) is 47.9 Å². The Morgan fingerprint density at radius 1 is 1.04 bits per heavy atom. The van der Waals surface area contributed by atoms with E-state index in [-0.39, 0.29) is 16.4 Å². The lowest BCUT2D eigenvalue weighted by Gasteiger charge is -2.09. The van der Waals surface area contributed by atoms with Crippen molar-refractivity contribution in [3.63, 3.8) is 0 Å². The van der Waals surface area contributed by atoms with Crippen LogP contribution in [0.15, 0.2) is 54.7 Å². The van der Waals surface area contributed by atoms with Crippen molar-refractivity contribution in [1.82, 2.24) is 10.3 Å². The summed E-state index contributed by atoms with van der Waals surface area (Å²) in [6, 6.07) is 15.5. The van der Waals surface area contributed by atoms with Gasteiger partial charge < -0.3 is 9.47 Å². The number of nitrogens with zero attached hydrogens (tertiary/aromatic N) is 1. The fourth-order valence-corrected chi connectivity index (χ4v) is 3.84. The van der Waals surface area contributed by atoms with Crippen LogP contribution in [0.1, 0.15) is 11.1 Å². The van der Waals surface area contributed by atoms with Gasteiger partial charge in [0.1, 0.15) is 18.1 Å². The summed E-state index contributed by atoms with van der Waals surface area (Å²) in [5.74, 6) is 1.31. The molecule has 6 nitrogen and oxygen atoms in total. The second-order valence-electron chi connectivity index (χ2n) is 6.42. The first-order chi connectivity index (χ1) is 13.6. The van der Waals surface area contributed by atoms with Crippen LogP contribution in [-0.4, -0.2) is 28.5 Å². The zero-order chi connectivity index (χ0) is 19.5. The van der Waals surface area contributed by atoms with Gasteiger partial charge in [-0.2, -0.15) is 0 Å². The van der Waals surface area contributed by atoms with E-state index in [4.69, 9.17) is 9.47 Å². The molecule has 142 valence electrons. The van der Waals surface area contributed by atoms with Gasteiger partial charge in [-0.3, -0.25) is 19.9 Å². The van der Waals surface area contributed by atoms with Crippen molar-refractivity contribution in [2.45, 2.75) is 18.3 Å². The summed E-state index contributed by atoms with van der Waals surface area (Å²) in [7, 11) is 1.64. The van der Waals surface area contributed by atoms with Gasteiger partial charge in [0.15, 0.2) is 0 Å². The molecule has 1 aromatic heterocycles. The predicted molar refractivity (Wildman–Crippen MR) is 108 cm³/mol. The van der Waals surface area contributed by atoms with Crippen LogP contribution in [0.3, 0.4) is 0 Å². The first-order valence-corrected chi connectivity index (χ1v) is 9.64. The number of pyridine rings is 1. The van der Waals surface area contributed by atoms with Crippen molar-refractivity contribution in [2.24, 2.45) is 0 Å². The van der Waals surface area contributed by atoms with Crippen molar-refractivity contribution in [3.05, 3.63) is 65.9 Å². The Hall–Kier alpha value is -3.06. The molecule has 2 aromatic carbocycles. The molecule has 0 bridgehead atoms. The number of hydrogen-bond acceptors (Lipinski definition) is 6. The van der Waals surface area contributed by atoms with Gasteiger partial charge in [0.25, 0.3) is 5.24 Å². The number of carbonyl (C=O) groups excluding carboxylic acids is 2. The number of rotatable bonds is 6. The molecule has 4 rings (SSSR count). The molecular formula is C21H18N2O4S. The number of benzene rings is 2. The second-order valence-corrected chi connectivity index (χ2v) is 7.60. The molecule has 1 N–H and O–H groups in total. The fourth-order valence-electron chi connectivity index (χ4n) is 2.98. The highest BCUT2D eigenvalue weighted by atomic mass is 32.2. The van der Waals surface area contributed by atoms with Gasteiger partial charge in [0.05, 0.1) is 17.9 Å². The number of thioether (sulfide) groups is 1. The highest BCUT2D eigenvalue weighted by Gasteiger charge is 2.31. The van der Waals surface area contributed by atoms with Crippen LogP contribution in [-0.2, 0) is 17.8 Å². The minimum atomic E-state index is -0.390. The molecule has 2 amide bonds. The molecule has 1 atom stereocenters. The van der Waals surface area contributed by atoms with Crippen LogP contribution in [0.4, 0.5) is 4.79 Å². The molecule has 7 heteroatoms. The molecule has 3 aromatic rings. The van der Waals surface area contributed by atoms with Gasteiger partial charge in [0, 0.05) is 17.6 Å². The highest BCUT2D eigenvalue weighted by molar-refractivity contribution is 8.15. The molecule has 1 saturated heterocycles. The Balaban J connectivity index is 1.44. The molecule has 0 radical (unpaired) electrons. The maximum atomic E-state index is 11.7. The molecule has 0 aliphatic carbocycles. The van der Waals surface area contributed by atoms with Gasteiger partial charge >= 0.3 is 0 Å². The number of fused-ring (bicyclic) bond motifs is 1. The summed E-state index contributed by atoms with van der Waals surface area (Å²) in [4.78, 5) is 27.5. The van der Waals surface area contributed by atoms with Crippen molar-refractivity contribution in [3.8, 4) is 11.5 Å². The van der Waals surface area contributed by atoms with Crippen LogP contribution >= 0.6 is 11.8 Å². The largest absolute Gasteiger partial charge is 0.497 e. The van der Waals surface area contributed by atoms with Crippen LogP contribution in [0, 0.1) is 0 Å². The number of methoxy groups -OCH3 is 1. The molecule has 0 spiro atoms. The first-order valence-electron chi connectivity index (χ1n) is 8.76. The highest BCUT2D eigenvalue weighted by Crippen LogP contribution is 2.25. The Morgan fingerprint density at radius 3 is 2.54 bits per heavy atom. The lowest BCUT2D eigenvalue weighted by molar-refractivity contribution is -0.118. The Morgan fingerprint density at radius 2 is 1.82 bits per heavy atom. The monoisotopic (exact) mass is 394 g/mol. The summed E-state index contributed by atoms with van der Waals surface area (Å²) in [5.41, 5.74) is 2.78. The predicted octanol–water partition coefficient (Wildman–Crippen LogP) is 3.72. The normalized spacial score (nSPS) is 16.2. The minimum absolute atomic E-state index is 0.239. The summed E-state index contributed by atoms with van der Waals surface area (Å²) in [6.45, 7) is 0.454. The molecule has 0 saturated carbocycles. The molecule has 1 aliphatic heterocycles. The van der Waals surface area contributed by atoms with Crippen molar-refractivity contribution >= 4 is 33.8 Å². The third-order valence-electron chi connectivity index (χ3n) is 4.46. The van der Waals surface area contributed by atoms with E-state index in [0.29, 0.717) is 13.0 Å². The van der Waals surface area contributed by atoms with Crippen LogP contribution in [0.25, 0.3) is 10.9 Å². The van der Waals surface area contributed by atoms with Gasteiger partial charge in [-0.15, -0.1) is 0 Å². The topological polar surface area (TPSA) is 77.5 Å². The number of amides is 2. The summed E-state index contributed by atoms with van der Waals surface area (Å²) in [5, 5.41) is 2.59. The fraction of sp³-hybridized carbons (Fsp3) is 0.190. The number of ether oxygens (including phenoxy) is 2. The number of hydrogen-bond donors (Lipinski definition) is 1. The van der Waals surface area contributed by atoms with Crippen LogP contribution < -0.4 is 14.8 Å². The zero-order valence-electron chi connectivity index (χ0n) is 15.2. The SMILES string of the molecule is COc1ccc(COc2ccc3cc(CC4SC(=O)NC4=O)cnc3c2)cc1. The quantitative estimate of drug-likeness (QED) is 0.687. The van der Waals surface area contributed by atoms with E-state index in [1.165, 1.54) is 0 Å². The van der Waals surface area contributed by atoms with Crippen molar-refractivity contribution in [1.29, 1.82) is 0 Å². The lowest BCUT2D eigenvalue weighted by Crippen LogP contribution is -2.25. The minimum Gasteiger partial charge on any atom is -0.497 e. The van der Waals surface area contributed by atoms with Crippen LogP contribution in [0.2, 0.25) is 0 Å².